The van der Waals surface area contributed by atoms with E-state index in [1.807, 2.05) is 54.6 Å². The highest BCUT2D eigenvalue weighted by molar-refractivity contribution is 6.30. The number of halogens is 1. The van der Waals surface area contributed by atoms with Crippen LogP contribution in [-0.4, -0.2) is 7.11 Å². The summed E-state index contributed by atoms with van der Waals surface area (Å²) >= 11 is 5.92. The monoisotopic (exact) mass is 319 g/mol. The Labute approximate surface area is 140 Å². The molecule has 2 nitrogen and oxygen atoms in total. The fraction of sp³-hybridized carbons (Fsp3) is 0.0500. The normalized spacial score (nSPS) is 11.3. The van der Waals surface area contributed by atoms with E-state index in [0.29, 0.717) is 10.6 Å². The Hall–Kier alpha value is -2.76. The number of benzene rings is 3. The van der Waals surface area contributed by atoms with Crippen molar-refractivity contribution in [3.63, 3.8) is 0 Å². The number of rotatable bonds is 3. The van der Waals surface area contributed by atoms with Gasteiger partial charge in [0.25, 0.3) is 0 Å². The van der Waals surface area contributed by atoms with Crippen LogP contribution < -0.4 is 4.74 Å². The first kappa shape index (κ1) is 15.1. The molecule has 3 aromatic carbocycles. The van der Waals surface area contributed by atoms with Crippen LogP contribution in [-0.2, 0) is 0 Å². The SMILES string of the molecule is COc1ccc2ccccc2c1C=C(C#N)c1ccc(Cl)cc1. The van der Waals surface area contributed by atoms with Gasteiger partial charge in [0.1, 0.15) is 5.75 Å². The van der Waals surface area contributed by atoms with E-state index < -0.39 is 0 Å². The van der Waals surface area contributed by atoms with Gasteiger partial charge in [-0.2, -0.15) is 5.26 Å². The molecule has 0 amide bonds. The Morgan fingerprint density at radius 3 is 2.48 bits per heavy atom. The van der Waals surface area contributed by atoms with Gasteiger partial charge in [-0.15, -0.1) is 0 Å². The Morgan fingerprint density at radius 2 is 1.78 bits per heavy atom. The van der Waals surface area contributed by atoms with Crippen molar-refractivity contribution in [3.05, 3.63) is 76.8 Å². The summed E-state index contributed by atoms with van der Waals surface area (Å²) in [5, 5.41) is 12.4. The maximum atomic E-state index is 9.55. The lowest BCUT2D eigenvalue weighted by Gasteiger charge is -2.10. The minimum Gasteiger partial charge on any atom is -0.496 e. The Balaban J connectivity index is 2.22. The van der Waals surface area contributed by atoms with Gasteiger partial charge < -0.3 is 4.74 Å². The van der Waals surface area contributed by atoms with E-state index in [4.69, 9.17) is 16.3 Å². The Bertz CT molecular complexity index is 921. The predicted octanol–water partition coefficient (Wildman–Crippen LogP) is 5.57. The second kappa shape index (κ2) is 6.56. The molecule has 3 rings (SSSR count). The molecule has 0 spiro atoms. The van der Waals surface area contributed by atoms with Crippen molar-refractivity contribution in [2.45, 2.75) is 0 Å². The van der Waals surface area contributed by atoms with E-state index >= 15 is 0 Å². The largest absolute Gasteiger partial charge is 0.496 e. The summed E-state index contributed by atoms with van der Waals surface area (Å²) in [7, 11) is 1.63. The predicted molar refractivity (Wildman–Crippen MR) is 95.4 cm³/mol. The molecule has 0 unspecified atom stereocenters. The van der Waals surface area contributed by atoms with Crippen LogP contribution in [0.2, 0.25) is 5.02 Å². The zero-order valence-corrected chi connectivity index (χ0v) is 13.3. The first-order chi connectivity index (χ1) is 11.2. The molecular weight excluding hydrogens is 306 g/mol. The van der Waals surface area contributed by atoms with Crippen molar-refractivity contribution in [2.75, 3.05) is 7.11 Å². The number of nitrogens with zero attached hydrogens (tertiary/aromatic N) is 1. The van der Waals surface area contributed by atoms with Crippen LogP contribution in [0.5, 0.6) is 5.75 Å². The summed E-state index contributed by atoms with van der Waals surface area (Å²) in [4.78, 5) is 0. The number of hydrogen-bond donors (Lipinski definition) is 0. The third-order valence-corrected chi connectivity index (χ3v) is 3.97. The zero-order valence-electron chi connectivity index (χ0n) is 12.6. The van der Waals surface area contributed by atoms with Gasteiger partial charge in [-0.1, -0.05) is 54.1 Å². The van der Waals surface area contributed by atoms with Crippen molar-refractivity contribution >= 4 is 34.0 Å². The minimum absolute atomic E-state index is 0.566. The molecule has 112 valence electrons. The van der Waals surface area contributed by atoms with Crippen LogP contribution in [0.25, 0.3) is 22.4 Å². The third kappa shape index (κ3) is 3.06. The van der Waals surface area contributed by atoms with Gasteiger partial charge in [-0.25, -0.2) is 0 Å². The molecule has 3 aromatic rings. The van der Waals surface area contributed by atoms with Gasteiger partial charge in [0.2, 0.25) is 0 Å². The van der Waals surface area contributed by atoms with E-state index in [1.54, 1.807) is 19.2 Å². The highest BCUT2D eigenvalue weighted by Gasteiger charge is 2.09. The molecule has 0 N–H and O–H groups in total. The van der Waals surface area contributed by atoms with Gasteiger partial charge in [0, 0.05) is 10.6 Å². The van der Waals surface area contributed by atoms with Gasteiger partial charge in [0.05, 0.1) is 18.8 Å². The Kier molecular flexibility index (Phi) is 4.32. The Morgan fingerprint density at radius 1 is 1.04 bits per heavy atom. The highest BCUT2D eigenvalue weighted by atomic mass is 35.5. The molecule has 0 saturated heterocycles. The number of methoxy groups -OCH3 is 1. The van der Waals surface area contributed by atoms with Crippen LogP contribution in [0.3, 0.4) is 0 Å². The summed E-state index contributed by atoms with van der Waals surface area (Å²) in [6, 6.07) is 21.5. The second-order valence-corrected chi connectivity index (χ2v) is 5.52. The summed E-state index contributed by atoms with van der Waals surface area (Å²) < 4.78 is 5.48. The lowest BCUT2D eigenvalue weighted by molar-refractivity contribution is 0.414. The summed E-state index contributed by atoms with van der Waals surface area (Å²) in [6.07, 6.45) is 1.87. The first-order valence-corrected chi connectivity index (χ1v) is 7.54. The van der Waals surface area contributed by atoms with E-state index in [9.17, 15) is 5.26 Å². The number of nitriles is 1. The quantitative estimate of drug-likeness (QED) is 0.467. The average molecular weight is 320 g/mol. The molecule has 3 heteroatoms. The molecule has 0 aliphatic carbocycles. The van der Waals surface area contributed by atoms with Gasteiger partial charge >= 0.3 is 0 Å². The van der Waals surface area contributed by atoms with Crippen LogP contribution in [0.1, 0.15) is 11.1 Å². The number of ether oxygens (including phenoxy) is 1. The summed E-state index contributed by atoms with van der Waals surface area (Å²) in [5.41, 5.74) is 2.29. The van der Waals surface area contributed by atoms with E-state index in [2.05, 4.69) is 6.07 Å². The average Bonchev–Trinajstić information content (AvgIpc) is 2.60. The molecular formula is C20H14ClNO. The summed E-state index contributed by atoms with van der Waals surface area (Å²) in [5.74, 6) is 0.741. The molecule has 0 aliphatic heterocycles. The van der Waals surface area contributed by atoms with Crippen molar-refractivity contribution in [2.24, 2.45) is 0 Å². The topological polar surface area (TPSA) is 33.0 Å². The molecule has 0 bridgehead atoms. The molecule has 0 radical (unpaired) electrons. The first-order valence-electron chi connectivity index (χ1n) is 7.16. The van der Waals surface area contributed by atoms with E-state index in [-0.39, 0.29) is 0 Å². The van der Waals surface area contributed by atoms with Crippen molar-refractivity contribution < 1.29 is 4.74 Å². The van der Waals surface area contributed by atoms with Crippen molar-refractivity contribution in [3.8, 4) is 11.8 Å². The van der Waals surface area contributed by atoms with E-state index in [1.165, 1.54) is 0 Å². The lowest BCUT2D eigenvalue weighted by atomic mass is 9.99. The number of hydrogen-bond acceptors (Lipinski definition) is 2. The molecule has 0 heterocycles. The third-order valence-electron chi connectivity index (χ3n) is 3.71. The van der Waals surface area contributed by atoms with Crippen LogP contribution in [0.15, 0.2) is 60.7 Å². The molecule has 0 saturated carbocycles. The van der Waals surface area contributed by atoms with Crippen molar-refractivity contribution in [1.82, 2.24) is 0 Å². The lowest BCUT2D eigenvalue weighted by Crippen LogP contribution is -1.90. The molecule has 0 aromatic heterocycles. The second-order valence-electron chi connectivity index (χ2n) is 5.08. The number of fused-ring (bicyclic) bond motifs is 1. The van der Waals surface area contributed by atoms with Gasteiger partial charge in [-0.3, -0.25) is 0 Å². The smallest absolute Gasteiger partial charge is 0.126 e. The fourth-order valence-corrected chi connectivity index (χ4v) is 2.68. The molecule has 0 aliphatic rings. The highest BCUT2D eigenvalue weighted by Crippen LogP contribution is 2.31. The van der Waals surface area contributed by atoms with E-state index in [0.717, 1.165) is 27.6 Å². The standard InChI is InChI=1S/C20H14ClNO/c1-23-20-11-8-15-4-2-3-5-18(15)19(20)12-16(13-22)14-6-9-17(21)10-7-14/h2-12H,1H3. The molecule has 0 atom stereocenters. The van der Waals surface area contributed by atoms with Gasteiger partial charge in [0.15, 0.2) is 0 Å². The fourth-order valence-electron chi connectivity index (χ4n) is 2.56. The van der Waals surface area contributed by atoms with Crippen molar-refractivity contribution in [1.29, 1.82) is 5.26 Å². The van der Waals surface area contributed by atoms with Crippen LogP contribution in [0, 0.1) is 11.3 Å². The number of allylic oxidation sites excluding steroid dienone is 1. The summed E-state index contributed by atoms with van der Waals surface area (Å²) in [6.45, 7) is 0. The van der Waals surface area contributed by atoms with Crippen LogP contribution >= 0.6 is 11.6 Å². The maximum absolute atomic E-state index is 9.55. The molecule has 23 heavy (non-hydrogen) atoms. The van der Waals surface area contributed by atoms with Gasteiger partial charge in [-0.05, 0) is 40.6 Å². The van der Waals surface area contributed by atoms with Crippen LogP contribution in [0.4, 0.5) is 0 Å². The molecule has 0 fully saturated rings. The zero-order chi connectivity index (χ0) is 16.2. The minimum atomic E-state index is 0.566. The maximum Gasteiger partial charge on any atom is 0.126 e.